The highest BCUT2D eigenvalue weighted by molar-refractivity contribution is 6.02. The van der Waals surface area contributed by atoms with Gasteiger partial charge in [-0.15, -0.1) is 0 Å². The SMILES string of the molecule is COc1cccc(Oc2cccc(C(=O)Nc3ccccc3F)n2)c1. The second-order valence-corrected chi connectivity index (χ2v) is 5.08. The van der Waals surface area contributed by atoms with Crippen molar-refractivity contribution in [3.63, 3.8) is 0 Å². The molecule has 3 rings (SSSR count). The number of benzene rings is 2. The van der Waals surface area contributed by atoms with Gasteiger partial charge in [-0.3, -0.25) is 4.79 Å². The van der Waals surface area contributed by atoms with Gasteiger partial charge in [0.15, 0.2) is 0 Å². The molecule has 2 aromatic carbocycles. The molecule has 0 unspecified atom stereocenters. The maximum Gasteiger partial charge on any atom is 0.274 e. The fourth-order valence-corrected chi connectivity index (χ4v) is 2.13. The Morgan fingerprint density at radius 1 is 1.00 bits per heavy atom. The Hall–Kier alpha value is -3.41. The molecule has 0 bridgehead atoms. The molecule has 0 fully saturated rings. The average molecular weight is 338 g/mol. The van der Waals surface area contributed by atoms with Gasteiger partial charge < -0.3 is 14.8 Å². The van der Waals surface area contributed by atoms with Crippen molar-refractivity contribution in [1.82, 2.24) is 4.98 Å². The Morgan fingerprint density at radius 3 is 2.56 bits per heavy atom. The Labute approximate surface area is 144 Å². The van der Waals surface area contributed by atoms with E-state index in [2.05, 4.69) is 10.3 Å². The second kappa shape index (κ2) is 7.44. The molecule has 0 aliphatic rings. The van der Waals surface area contributed by atoms with Gasteiger partial charge in [0, 0.05) is 12.1 Å². The van der Waals surface area contributed by atoms with Crippen LogP contribution in [0.4, 0.5) is 10.1 Å². The van der Waals surface area contributed by atoms with E-state index in [1.54, 1.807) is 55.6 Å². The van der Waals surface area contributed by atoms with E-state index in [0.29, 0.717) is 11.5 Å². The number of methoxy groups -OCH3 is 1. The van der Waals surface area contributed by atoms with Crippen molar-refractivity contribution in [2.75, 3.05) is 12.4 Å². The summed E-state index contributed by atoms with van der Waals surface area (Å²) in [5, 5.41) is 2.48. The smallest absolute Gasteiger partial charge is 0.274 e. The molecule has 0 saturated carbocycles. The van der Waals surface area contributed by atoms with Gasteiger partial charge in [-0.1, -0.05) is 24.3 Å². The van der Waals surface area contributed by atoms with Crippen molar-refractivity contribution in [2.45, 2.75) is 0 Å². The van der Waals surface area contributed by atoms with E-state index in [1.165, 1.54) is 18.2 Å². The first-order chi connectivity index (χ1) is 12.2. The lowest BCUT2D eigenvalue weighted by Gasteiger charge is -2.09. The summed E-state index contributed by atoms with van der Waals surface area (Å²) in [4.78, 5) is 16.4. The predicted molar refractivity (Wildman–Crippen MR) is 91.7 cm³/mol. The van der Waals surface area contributed by atoms with Gasteiger partial charge in [-0.05, 0) is 30.3 Å². The molecule has 1 amide bonds. The van der Waals surface area contributed by atoms with Crippen molar-refractivity contribution in [1.29, 1.82) is 0 Å². The lowest BCUT2D eigenvalue weighted by atomic mass is 10.3. The van der Waals surface area contributed by atoms with Crippen LogP contribution in [0.3, 0.4) is 0 Å². The molecular weight excluding hydrogens is 323 g/mol. The molecule has 1 heterocycles. The van der Waals surface area contributed by atoms with Gasteiger partial charge >= 0.3 is 0 Å². The molecule has 1 N–H and O–H groups in total. The normalized spacial score (nSPS) is 10.2. The lowest BCUT2D eigenvalue weighted by molar-refractivity contribution is 0.102. The number of halogens is 1. The number of hydrogen-bond acceptors (Lipinski definition) is 4. The van der Waals surface area contributed by atoms with Gasteiger partial charge in [0.25, 0.3) is 5.91 Å². The molecule has 5 nitrogen and oxygen atoms in total. The van der Waals surface area contributed by atoms with Crippen molar-refractivity contribution in [3.05, 3.63) is 78.2 Å². The number of ether oxygens (including phenoxy) is 2. The van der Waals surface area contributed by atoms with Crippen molar-refractivity contribution in [2.24, 2.45) is 0 Å². The second-order valence-electron chi connectivity index (χ2n) is 5.08. The summed E-state index contributed by atoms with van der Waals surface area (Å²) in [5.74, 6) is 0.375. The third-order valence-electron chi connectivity index (χ3n) is 3.34. The first-order valence-corrected chi connectivity index (χ1v) is 7.50. The topological polar surface area (TPSA) is 60.5 Å². The number of aromatic nitrogens is 1. The average Bonchev–Trinajstić information content (AvgIpc) is 2.64. The lowest BCUT2D eigenvalue weighted by Crippen LogP contribution is -2.14. The van der Waals surface area contributed by atoms with Crippen LogP contribution in [0.1, 0.15) is 10.5 Å². The van der Waals surface area contributed by atoms with Gasteiger partial charge in [0.2, 0.25) is 5.88 Å². The third-order valence-corrected chi connectivity index (χ3v) is 3.34. The van der Waals surface area contributed by atoms with E-state index in [9.17, 15) is 9.18 Å². The zero-order chi connectivity index (χ0) is 17.6. The quantitative estimate of drug-likeness (QED) is 0.754. The van der Waals surface area contributed by atoms with Crippen LogP contribution in [0.15, 0.2) is 66.7 Å². The molecule has 0 radical (unpaired) electrons. The summed E-state index contributed by atoms with van der Waals surface area (Å²) in [6, 6.07) is 17.7. The summed E-state index contributed by atoms with van der Waals surface area (Å²) >= 11 is 0. The van der Waals surface area contributed by atoms with Crippen LogP contribution in [0.2, 0.25) is 0 Å². The number of nitrogens with zero attached hydrogens (tertiary/aromatic N) is 1. The number of hydrogen-bond donors (Lipinski definition) is 1. The van der Waals surface area contributed by atoms with Crippen LogP contribution >= 0.6 is 0 Å². The van der Waals surface area contributed by atoms with E-state index in [-0.39, 0.29) is 17.3 Å². The molecule has 6 heteroatoms. The highest BCUT2D eigenvalue weighted by atomic mass is 19.1. The first-order valence-electron chi connectivity index (χ1n) is 7.50. The number of carbonyl (C=O) groups is 1. The Kier molecular flexibility index (Phi) is 4.89. The minimum atomic E-state index is -0.527. The number of amides is 1. The van der Waals surface area contributed by atoms with Crippen molar-refractivity contribution >= 4 is 11.6 Å². The van der Waals surface area contributed by atoms with Gasteiger partial charge in [0.05, 0.1) is 12.8 Å². The summed E-state index contributed by atoms with van der Waals surface area (Å²) in [6.07, 6.45) is 0. The van der Waals surface area contributed by atoms with Gasteiger partial charge in [-0.2, -0.15) is 0 Å². The summed E-state index contributed by atoms with van der Waals surface area (Å²) in [5.41, 5.74) is 0.206. The number of para-hydroxylation sites is 1. The van der Waals surface area contributed by atoms with E-state index < -0.39 is 11.7 Å². The van der Waals surface area contributed by atoms with Crippen molar-refractivity contribution in [3.8, 4) is 17.4 Å². The third kappa shape index (κ3) is 4.11. The Bertz CT molecular complexity index is 899. The molecule has 0 saturated heterocycles. The van der Waals surface area contributed by atoms with Crippen molar-refractivity contribution < 1.29 is 18.7 Å². The number of nitrogens with one attached hydrogen (secondary N) is 1. The zero-order valence-electron chi connectivity index (χ0n) is 13.4. The van der Waals surface area contributed by atoms with Crippen LogP contribution in [0, 0.1) is 5.82 Å². The monoisotopic (exact) mass is 338 g/mol. The fourth-order valence-electron chi connectivity index (χ4n) is 2.13. The zero-order valence-corrected chi connectivity index (χ0v) is 13.4. The number of anilines is 1. The molecular formula is C19H15FN2O3. The molecule has 0 aliphatic carbocycles. The summed E-state index contributed by atoms with van der Waals surface area (Å²) in [6.45, 7) is 0. The van der Waals surface area contributed by atoms with E-state index in [1.807, 2.05) is 0 Å². The van der Waals surface area contributed by atoms with E-state index in [0.717, 1.165) is 0 Å². The largest absolute Gasteiger partial charge is 0.497 e. The minimum Gasteiger partial charge on any atom is -0.497 e. The number of pyridine rings is 1. The Morgan fingerprint density at radius 2 is 1.76 bits per heavy atom. The molecule has 25 heavy (non-hydrogen) atoms. The predicted octanol–water partition coefficient (Wildman–Crippen LogP) is 4.27. The molecule has 3 aromatic rings. The minimum absolute atomic E-state index is 0.0911. The van der Waals surface area contributed by atoms with Crippen LogP contribution < -0.4 is 14.8 Å². The maximum atomic E-state index is 13.6. The molecule has 1 aromatic heterocycles. The van der Waals surface area contributed by atoms with Gasteiger partial charge in [0.1, 0.15) is 23.0 Å². The van der Waals surface area contributed by atoms with Crippen LogP contribution in [0.25, 0.3) is 0 Å². The van der Waals surface area contributed by atoms with Crippen LogP contribution in [0.5, 0.6) is 17.4 Å². The number of rotatable bonds is 5. The Balaban J connectivity index is 1.76. The van der Waals surface area contributed by atoms with E-state index >= 15 is 0 Å². The molecule has 126 valence electrons. The molecule has 0 atom stereocenters. The summed E-state index contributed by atoms with van der Waals surface area (Å²) in [7, 11) is 1.56. The highest BCUT2D eigenvalue weighted by Gasteiger charge is 2.11. The summed E-state index contributed by atoms with van der Waals surface area (Å²) < 4.78 is 24.4. The van der Waals surface area contributed by atoms with Gasteiger partial charge in [-0.25, -0.2) is 9.37 Å². The van der Waals surface area contributed by atoms with Crippen LogP contribution in [-0.2, 0) is 0 Å². The van der Waals surface area contributed by atoms with Crippen LogP contribution in [-0.4, -0.2) is 18.0 Å². The standard InChI is InChI=1S/C19H15FN2O3/c1-24-13-6-4-7-14(12-13)25-18-11-5-10-17(21-18)19(23)22-16-9-3-2-8-15(16)20/h2-12H,1H3,(H,22,23). The first kappa shape index (κ1) is 16.4. The fraction of sp³-hybridized carbons (Fsp3) is 0.0526. The highest BCUT2D eigenvalue weighted by Crippen LogP contribution is 2.24. The van der Waals surface area contributed by atoms with E-state index in [4.69, 9.17) is 9.47 Å². The maximum absolute atomic E-state index is 13.6. The molecule has 0 spiro atoms. The number of carbonyl (C=O) groups excluding carboxylic acids is 1. The molecule has 0 aliphatic heterocycles.